The molecule has 26 heavy (non-hydrogen) atoms. The smallest absolute Gasteiger partial charge is 0.264 e. The first-order valence-electron chi connectivity index (χ1n) is 7.80. The zero-order valence-electron chi connectivity index (χ0n) is 14.5. The number of phenols is 1. The Morgan fingerprint density at radius 2 is 1.88 bits per heavy atom. The predicted molar refractivity (Wildman–Crippen MR) is 109 cm³/mol. The van der Waals surface area contributed by atoms with Crippen LogP contribution in [0.15, 0.2) is 44.7 Å². The topological polar surface area (TPSA) is 70.9 Å². The Morgan fingerprint density at radius 3 is 2.54 bits per heavy atom. The van der Waals surface area contributed by atoms with E-state index in [4.69, 9.17) is 4.74 Å². The highest BCUT2D eigenvalue weighted by molar-refractivity contribution is 9.10. The van der Waals surface area contributed by atoms with Crippen molar-refractivity contribution >= 4 is 50.5 Å². The van der Waals surface area contributed by atoms with Crippen molar-refractivity contribution < 1.29 is 14.6 Å². The van der Waals surface area contributed by atoms with Crippen LogP contribution in [0.5, 0.6) is 11.5 Å². The van der Waals surface area contributed by atoms with Crippen molar-refractivity contribution in [1.82, 2.24) is 5.32 Å². The van der Waals surface area contributed by atoms with E-state index in [2.05, 4.69) is 32.3 Å². The standard InChI is InChI=1S/C19H17BrN2O3S/c1-10-4-11(2)6-13(5-10)21-19-22-18(24)16(26-19)9-12-7-14(20)17(23)15(8-12)25-3/h4-9,23H,1-3H3,(H,21,22,24)/b16-9-. The van der Waals surface area contributed by atoms with Crippen LogP contribution < -0.4 is 10.1 Å². The number of amides is 1. The number of aromatic hydroxyl groups is 1. The minimum atomic E-state index is -0.207. The molecule has 1 aliphatic heterocycles. The number of aryl methyl sites for hydroxylation is 2. The number of rotatable bonds is 3. The van der Waals surface area contributed by atoms with E-state index in [-0.39, 0.29) is 11.7 Å². The van der Waals surface area contributed by atoms with Gasteiger partial charge in [0.25, 0.3) is 5.91 Å². The Hall–Kier alpha value is -2.25. The van der Waals surface area contributed by atoms with Gasteiger partial charge in [0.2, 0.25) is 0 Å². The van der Waals surface area contributed by atoms with Crippen molar-refractivity contribution in [3.05, 3.63) is 56.4 Å². The van der Waals surface area contributed by atoms with Gasteiger partial charge in [-0.15, -0.1) is 0 Å². The molecule has 1 saturated heterocycles. The molecule has 1 fully saturated rings. The third-order valence-corrected chi connectivity index (χ3v) is 5.17. The monoisotopic (exact) mass is 432 g/mol. The molecular weight excluding hydrogens is 416 g/mol. The summed E-state index contributed by atoms with van der Waals surface area (Å²) >= 11 is 4.56. The number of aliphatic imine (C=N–C) groups is 1. The second-order valence-electron chi connectivity index (χ2n) is 5.88. The normalized spacial score (nSPS) is 17.0. The molecule has 7 heteroatoms. The molecule has 0 aliphatic carbocycles. The van der Waals surface area contributed by atoms with Gasteiger partial charge in [-0.05, 0) is 88.6 Å². The molecule has 0 unspecified atom stereocenters. The van der Waals surface area contributed by atoms with Gasteiger partial charge in [-0.3, -0.25) is 4.79 Å². The second kappa shape index (κ2) is 7.55. The number of hydrogen-bond donors (Lipinski definition) is 2. The highest BCUT2D eigenvalue weighted by Gasteiger charge is 2.24. The number of carbonyl (C=O) groups excluding carboxylic acids is 1. The van der Waals surface area contributed by atoms with Gasteiger partial charge >= 0.3 is 0 Å². The highest BCUT2D eigenvalue weighted by Crippen LogP contribution is 2.37. The fourth-order valence-corrected chi connectivity index (χ4v) is 3.90. The van der Waals surface area contributed by atoms with Gasteiger partial charge in [0.1, 0.15) is 0 Å². The van der Waals surface area contributed by atoms with Crippen molar-refractivity contribution in [1.29, 1.82) is 0 Å². The minimum absolute atomic E-state index is 0.0234. The van der Waals surface area contributed by atoms with Gasteiger partial charge < -0.3 is 15.2 Å². The third kappa shape index (κ3) is 4.11. The van der Waals surface area contributed by atoms with E-state index in [1.54, 1.807) is 18.2 Å². The lowest BCUT2D eigenvalue weighted by Gasteiger charge is -2.06. The number of amidine groups is 1. The number of thioether (sulfide) groups is 1. The van der Waals surface area contributed by atoms with Crippen molar-refractivity contribution in [2.24, 2.45) is 4.99 Å². The fraction of sp³-hybridized carbons (Fsp3) is 0.158. The van der Waals surface area contributed by atoms with E-state index >= 15 is 0 Å². The van der Waals surface area contributed by atoms with Crippen LogP contribution in [0.25, 0.3) is 6.08 Å². The van der Waals surface area contributed by atoms with Crippen molar-refractivity contribution in [2.75, 3.05) is 7.11 Å². The second-order valence-corrected chi connectivity index (χ2v) is 7.77. The lowest BCUT2D eigenvalue weighted by atomic mass is 10.1. The molecule has 134 valence electrons. The van der Waals surface area contributed by atoms with E-state index in [9.17, 15) is 9.90 Å². The number of hydrogen-bond acceptors (Lipinski definition) is 5. The number of methoxy groups -OCH3 is 1. The summed E-state index contributed by atoms with van der Waals surface area (Å²) in [5.41, 5.74) is 3.78. The lowest BCUT2D eigenvalue weighted by molar-refractivity contribution is -0.115. The van der Waals surface area contributed by atoms with E-state index in [0.29, 0.717) is 20.3 Å². The summed E-state index contributed by atoms with van der Waals surface area (Å²) in [6, 6.07) is 9.40. The molecule has 2 N–H and O–H groups in total. The van der Waals surface area contributed by atoms with Crippen LogP contribution in [0.1, 0.15) is 16.7 Å². The molecule has 3 rings (SSSR count). The number of ether oxygens (including phenoxy) is 1. The molecule has 0 bridgehead atoms. The SMILES string of the molecule is COc1cc(/C=C2\SC(=Nc3cc(C)cc(C)c3)NC2=O)cc(Br)c1O. The Morgan fingerprint density at radius 1 is 1.19 bits per heavy atom. The number of nitrogens with zero attached hydrogens (tertiary/aromatic N) is 1. The van der Waals surface area contributed by atoms with Gasteiger partial charge in [-0.1, -0.05) is 6.07 Å². The summed E-state index contributed by atoms with van der Waals surface area (Å²) in [6.07, 6.45) is 1.73. The average molecular weight is 433 g/mol. The summed E-state index contributed by atoms with van der Waals surface area (Å²) in [6.45, 7) is 4.02. The summed E-state index contributed by atoms with van der Waals surface area (Å²) < 4.78 is 5.64. The van der Waals surface area contributed by atoms with Crippen LogP contribution in [0.4, 0.5) is 5.69 Å². The molecule has 2 aromatic rings. The Bertz CT molecular complexity index is 934. The van der Waals surface area contributed by atoms with Gasteiger partial charge in [-0.25, -0.2) is 4.99 Å². The predicted octanol–water partition coefficient (Wildman–Crippen LogP) is 4.67. The van der Waals surface area contributed by atoms with Gasteiger partial charge in [-0.2, -0.15) is 0 Å². The maximum atomic E-state index is 12.2. The van der Waals surface area contributed by atoms with Crippen LogP contribution in [0.3, 0.4) is 0 Å². The average Bonchev–Trinajstić information content (AvgIpc) is 2.89. The highest BCUT2D eigenvalue weighted by atomic mass is 79.9. The number of phenolic OH excluding ortho intramolecular Hbond substituents is 1. The van der Waals surface area contributed by atoms with Crippen molar-refractivity contribution in [3.8, 4) is 11.5 Å². The Kier molecular flexibility index (Phi) is 5.38. The summed E-state index contributed by atoms with van der Waals surface area (Å²) in [5.74, 6) is 0.148. The maximum Gasteiger partial charge on any atom is 0.264 e. The number of benzene rings is 2. The first kappa shape index (κ1) is 18.5. The van der Waals surface area contributed by atoms with Gasteiger partial charge in [0.15, 0.2) is 16.7 Å². The number of halogens is 1. The molecular formula is C19H17BrN2O3S. The van der Waals surface area contributed by atoms with Gasteiger partial charge in [0.05, 0.1) is 22.2 Å². The van der Waals surface area contributed by atoms with Crippen LogP contribution in [0.2, 0.25) is 0 Å². The summed E-state index contributed by atoms with van der Waals surface area (Å²) in [4.78, 5) is 17.3. The summed E-state index contributed by atoms with van der Waals surface area (Å²) in [5, 5.41) is 13.2. The van der Waals surface area contributed by atoms with Crippen LogP contribution >= 0.6 is 27.7 Å². The number of carbonyl (C=O) groups is 1. The molecule has 1 aliphatic rings. The van der Waals surface area contributed by atoms with Crippen LogP contribution in [-0.2, 0) is 4.79 Å². The van der Waals surface area contributed by atoms with Crippen molar-refractivity contribution in [2.45, 2.75) is 13.8 Å². The first-order valence-corrected chi connectivity index (χ1v) is 9.41. The Balaban J connectivity index is 1.89. The zero-order valence-corrected chi connectivity index (χ0v) is 16.9. The van der Waals surface area contributed by atoms with E-state index in [0.717, 1.165) is 22.4 Å². The minimum Gasteiger partial charge on any atom is -0.503 e. The fourth-order valence-electron chi connectivity index (χ4n) is 2.60. The number of nitrogens with one attached hydrogen (secondary N) is 1. The van der Waals surface area contributed by atoms with Crippen LogP contribution in [0, 0.1) is 13.8 Å². The maximum absolute atomic E-state index is 12.2. The van der Waals surface area contributed by atoms with Crippen LogP contribution in [-0.4, -0.2) is 23.3 Å². The molecule has 0 atom stereocenters. The van der Waals surface area contributed by atoms with E-state index in [1.807, 2.05) is 26.0 Å². The van der Waals surface area contributed by atoms with Gasteiger partial charge in [0, 0.05) is 0 Å². The zero-order chi connectivity index (χ0) is 18.8. The largest absolute Gasteiger partial charge is 0.503 e. The molecule has 5 nitrogen and oxygen atoms in total. The lowest BCUT2D eigenvalue weighted by Crippen LogP contribution is -2.19. The third-order valence-electron chi connectivity index (χ3n) is 3.66. The van der Waals surface area contributed by atoms with E-state index < -0.39 is 0 Å². The van der Waals surface area contributed by atoms with E-state index in [1.165, 1.54) is 18.9 Å². The molecule has 0 radical (unpaired) electrons. The quantitative estimate of drug-likeness (QED) is 0.691. The molecule has 0 spiro atoms. The Labute approximate surface area is 164 Å². The molecule has 1 amide bonds. The first-order chi connectivity index (χ1) is 12.4. The van der Waals surface area contributed by atoms with Crippen molar-refractivity contribution in [3.63, 3.8) is 0 Å². The summed E-state index contributed by atoms with van der Waals surface area (Å²) in [7, 11) is 1.48. The molecule has 0 saturated carbocycles. The molecule has 1 heterocycles. The molecule has 2 aromatic carbocycles. The molecule has 0 aromatic heterocycles.